The molecule has 2 unspecified atom stereocenters. The summed E-state index contributed by atoms with van der Waals surface area (Å²) in [4.78, 5) is 79.3. The fourth-order valence-corrected chi connectivity index (χ4v) is 10.8. The number of aryl methyl sites for hydroxylation is 1. The lowest BCUT2D eigenvalue weighted by molar-refractivity contribution is -0.148. The number of pyridine rings is 1. The van der Waals surface area contributed by atoms with Gasteiger partial charge in [-0.3, -0.25) is 29.2 Å². The first-order chi connectivity index (χ1) is 33.3. The minimum Gasteiger partial charge on any atom is -0.378 e. The molecular formula is C55H74N8O7. The number of aromatic nitrogens is 2. The number of carbonyl (C=O) groups excluding carboxylic acids is 5. The van der Waals surface area contributed by atoms with Gasteiger partial charge in [0.2, 0.25) is 17.7 Å². The molecule has 2 fully saturated rings. The predicted molar refractivity (Wildman–Crippen MR) is 272 cm³/mol. The predicted octanol–water partition coefficient (Wildman–Crippen LogP) is 6.37. The Morgan fingerprint density at radius 3 is 2.50 bits per heavy atom. The van der Waals surface area contributed by atoms with Crippen molar-refractivity contribution in [1.29, 1.82) is 0 Å². The summed E-state index contributed by atoms with van der Waals surface area (Å²) in [6.07, 6.45) is 6.01. The number of aldehydes is 1. The van der Waals surface area contributed by atoms with E-state index < -0.39 is 40.8 Å². The molecular weight excluding hydrogens is 885 g/mol. The number of benzene rings is 2. The molecule has 4 amide bonds. The number of nitrogens with one attached hydrogen (secondary N) is 2. The third-order valence-electron chi connectivity index (χ3n) is 14.3. The molecule has 2 saturated heterocycles. The Balaban J connectivity index is 1.33. The van der Waals surface area contributed by atoms with Crippen LogP contribution in [0.4, 0.5) is 0 Å². The molecule has 0 saturated carbocycles. The van der Waals surface area contributed by atoms with Crippen LogP contribution < -0.4 is 10.7 Å². The molecule has 4 aromatic rings. The van der Waals surface area contributed by atoms with Crippen molar-refractivity contribution in [3.05, 3.63) is 89.8 Å². The molecule has 0 radical (unpaired) electrons. The Hall–Kier alpha value is -5.74. The van der Waals surface area contributed by atoms with Crippen molar-refractivity contribution in [3.63, 3.8) is 0 Å². The summed E-state index contributed by atoms with van der Waals surface area (Å²) < 4.78 is 14.9. The fourth-order valence-electron chi connectivity index (χ4n) is 10.8. The monoisotopic (exact) mass is 959 g/mol. The summed E-state index contributed by atoms with van der Waals surface area (Å²) in [5.74, 6) is -2.13. The average Bonchev–Trinajstić information content (AvgIpc) is 3.95. The first-order valence-electron chi connectivity index (χ1n) is 24.9. The van der Waals surface area contributed by atoms with Crippen LogP contribution >= 0.6 is 0 Å². The molecule has 3 aliphatic heterocycles. The first kappa shape index (κ1) is 52.1. The number of likely N-dealkylation sites (tertiary alicyclic amines) is 1. The number of ether oxygens (including phenoxy) is 2. The Morgan fingerprint density at radius 2 is 1.81 bits per heavy atom. The summed E-state index contributed by atoms with van der Waals surface area (Å²) in [5.41, 5.74) is 10.7. The lowest BCUT2D eigenvalue weighted by Gasteiger charge is -2.42. The highest BCUT2D eigenvalue weighted by Crippen LogP contribution is 2.42. The minimum absolute atomic E-state index is 0.0296. The van der Waals surface area contributed by atoms with Crippen LogP contribution in [0.2, 0.25) is 0 Å². The van der Waals surface area contributed by atoms with Gasteiger partial charge in [-0.1, -0.05) is 64.6 Å². The van der Waals surface area contributed by atoms with Gasteiger partial charge in [0.05, 0.1) is 36.6 Å². The molecule has 0 spiro atoms. The second kappa shape index (κ2) is 21.7. The van der Waals surface area contributed by atoms with Crippen LogP contribution in [-0.2, 0) is 59.4 Å². The van der Waals surface area contributed by atoms with E-state index in [2.05, 4.69) is 98.1 Å². The topological polar surface area (TPSA) is 159 Å². The van der Waals surface area contributed by atoms with Gasteiger partial charge in [-0.15, -0.1) is 0 Å². The van der Waals surface area contributed by atoms with E-state index in [-0.39, 0.29) is 43.4 Å². The third-order valence-corrected chi connectivity index (χ3v) is 14.3. The van der Waals surface area contributed by atoms with E-state index in [1.807, 2.05) is 39.1 Å². The van der Waals surface area contributed by atoms with Gasteiger partial charge in [-0.05, 0) is 117 Å². The van der Waals surface area contributed by atoms with Crippen molar-refractivity contribution in [3.8, 4) is 22.4 Å². The van der Waals surface area contributed by atoms with E-state index in [0.29, 0.717) is 51.9 Å². The number of nitrogens with zero attached hydrogens (tertiary/aromatic N) is 6. The molecule has 3 aliphatic rings. The Labute approximate surface area is 413 Å². The van der Waals surface area contributed by atoms with Crippen LogP contribution in [0.5, 0.6) is 0 Å². The zero-order chi connectivity index (χ0) is 50.7. The van der Waals surface area contributed by atoms with Crippen molar-refractivity contribution in [2.75, 3.05) is 61.1 Å². The van der Waals surface area contributed by atoms with Gasteiger partial charge in [-0.25, -0.2) is 5.43 Å². The number of hydrazine groups is 1. The highest BCUT2D eigenvalue weighted by atomic mass is 16.5. The van der Waals surface area contributed by atoms with Gasteiger partial charge in [0.15, 0.2) is 0 Å². The quantitative estimate of drug-likeness (QED) is 0.114. The van der Waals surface area contributed by atoms with Gasteiger partial charge in [0.1, 0.15) is 23.9 Å². The van der Waals surface area contributed by atoms with E-state index >= 15 is 0 Å². The SMILES string of the molecule is C=CC(=O)N1CCC(C(=O)N(C)[C@H](C(=O)N[C@H]2Cc3cccc(c3)-c3ccc4c(c3)c(c(-c3cc(CN(C)C)cnc3[C@H](C)OC)n4CC)CC(C)(C)COCC3(C=O)CCCN(N3)C2=O)C(C)C)C1. The van der Waals surface area contributed by atoms with E-state index in [0.717, 1.165) is 68.5 Å². The smallest absolute Gasteiger partial charge is 0.259 e. The van der Waals surface area contributed by atoms with Crippen LogP contribution in [0, 0.1) is 17.3 Å². The largest absolute Gasteiger partial charge is 0.378 e. The molecule has 2 N–H and O–H groups in total. The minimum atomic E-state index is -1.19. The van der Waals surface area contributed by atoms with Gasteiger partial charge >= 0.3 is 0 Å². The van der Waals surface area contributed by atoms with Crippen LogP contribution in [0.1, 0.15) is 89.3 Å². The number of hydrogen-bond donors (Lipinski definition) is 2. The number of likely N-dealkylation sites (N-methyl/N-ethyl adjacent to an activating group) is 1. The maximum atomic E-state index is 14.9. The molecule has 0 aliphatic carbocycles. The van der Waals surface area contributed by atoms with Crippen molar-refractivity contribution >= 4 is 40.8 Å². The number of hydrogen-bond acceptors (Lipinski definition) is 10. The van der Waals surface area contributed by atoms with Gasteiger partial charge in [0.25, 0.3) is 5.91 Å². The summed E-state index contributed by atoms with van der Waals surface area (Å²) in [6.45, 7) is 18.7. The molecule has 70 heavy (non-hydrogen) atoms. The number of carbonyl (C=O) groups is 5. The highest BCUT2D eigenvalue weighted by Gasteiger charge is 2.42. The zero-order valence-electron chi connectivity index (χ0n) is 43.0. The van der Waals surface area contributed by atoms with E-state index in [1.54, 1.807) is 19.1 Å². The van der Waals surface area contributed by atoms with Gasteiger partial charge in [0, 0.05) is 76.0 Å². The maximum absolute atomic E-state index is 14.9. The first-order valence-corrected chi connectivity index (χ1v) is 24.9. The molecule has 15 heteroatoms. The summed E-state index contributed by atoms with van der Waals surface area (Å²) in [6, 6.07) is 14.9. The average molecular weight is 959 g/mol. The maximum Gasteiger partial charge on any atom is 0.259 e. The molecule has 7 rings (SSSR count). The van der Waals surface area contributed by atoms with Crippen LogP contribution in [0.25, 0.3) is 33.3 Å². The van der Waals surface area contributed by atoms with Gasteiger partial charge in [-0.2, -0.15) is 0 Å². The van der Waals surface area contributed by atoms with Crippen molar-refractivity contribution in [2.24, 2.45) is 17.3 Å². The van der Waals surface area contributed by atoms with Gasteiger partial charge < -0.3 is 38.9 Å². The standard InChI is InChI=1S/C55H74N8O7/c1-12-47(65)61-23-20-41(31-61)52(67)60(10)49(35(3)4)51(66)57-45-26-37-16-14-17-39(24-37)40-18-19-46-42(27-40)44(28-54(6,7)33-70-34-55(32-64)21-15-22-63(58-55)53(45)68)50(62(46)13-2)43-25-38(30-59(8)9)29-56-48(43)36(5)69-11/h12,14,16-19,24-25,27,29,32,35-36,41,45,49,58H,1,13,15,20-23,26,28,30-31,33-34H2,2-11H3,(H,57,66)/t36-,41?,45-,49-,55?/m0/s1. The summed E-state index contributed by atoms with van der Waals surface area (Å²) in [5, 5.41) is 5.65. The highest BCUT2D eigenvalue weighted by molar-refractivity contribution is 5.96. The second-order valence-corrected chi connectivity index (χ2v) is 21.1. The number of rotatable bonds is 13. The van der Waals surface area contributed by atoms with Crippen molar-refractivity contribution < 1.29 is 33.4 Å². The Bertz CT molecular complexity index is 2600. The molecule has 5 atom stereocenters. The number of amides is 4. The van der Waals surface area contributed by atoms with Crippen LogP contribution in [-0.4, -0.2) is 138 Å². The molecule has 376 valence electrons. The Morgan fingerprint density at radius 1 is 1.06 bits per heavy atom. The van der Waals surface area contributed by atoms with E-state index in [9.17, 15) is 24.0 Å². The van der Waals surface area contributed by atoms with Crippen molar-refractivity contribution in [2.45, 2.75) is 110 Å². The third kappa shape index (κ3) is 11.1. The van der Waals surface area contributed by atoms with Crippen LogP contribution in [0.3, 0.4) is 0 Å². The van der Waals surface area contributed by atoms with Crippen LogP contribution in [0.15, 0.2) is 67.4 Å². The molecule has 15 nitrogen and oxygen atoms in total. The zero-order valence-corrected chi connectivity index (χ0v) is 43.0. The summed E-state index contributed by atoms with van der Waals surface area (Å²) in [7, 11) is 7.43. The number of methoxy groups -OCH3 is 1. The molecule has 5 heterocycles. The lowest BCUT2D eigenvalue weighted by Crippen LogP contribution is -2.66. The lowest BCUT2D eigenvalue weighted by atomic mass is 9.83. The molecule has 6 bridgehead atoms. The molecule has 2 aromatic carbocycles. The second-order valence-electron chi connectivity index (χ2n) is 21.1. The van der Waals surface area contributed by atoms with Crippen molar-refractivity contribution in [1.82, 2.24) is 40.0 Å². The summed E-state index contributed by atoms with van der Waals surface area (Å²) >= 11 is 0. The fraction of sp³-hybridized carbons (Fsp3) is 0.527. The normalized spacial score (nSPS) is 21.6. The number of fused-ring (bicyclic) bond motifs is 6. The van der Waals surface area contributed by atoms with E-state index in [1.165, 1.54) is 16.0 Å². The Kier molecular flexibility index (Phi) is 16.2. The molecule has 2 aromatic heterocycles. The van der Waals surface area contributed by atoms with E-state index in [4.69, 9.17) is 14.5 Å².